The Morgan fingerprint density at radius 1 is 1.27 bits per heavy atom. The zero-order valence-corrected chi connectivity index (χ0v) is 6.96. The third-order valence-electron chi connectivity index (χ3n) is 3.23. The van der Waals surface area contributed by atoms with E-state index in [1.165, 1.54) is 25.7 Å². The molecule has 3 atom stereocenters. The molecule has 2 nitrogen and oxygen atoms in total. The second kappa shape index (κ2) is 3.11. The van der Waals surface area contributed by atoms with Gasteiger partial charge in [-0.15, -0.1) is 0 Å². The van der Waals surface area contributed by atoms with Crippen LogP contribution in [0.4, 0.5) is 0 Å². The van der Waals surface area contributed by atoms with Gasteiger partial charge in [0.2, 0.25) is 0 Å². The highest BCUT2D eigenvalue weighted by atomic mass is 16.5. The van der Waals surface area contributed by atoms with Crippen LogP contribution in [0.3, 0.4) is 0 Å². The topological polar surface area (TPSA) is 35.2 Å². The number of hydrogen-bond donors (Lipinski definition) is 1. The van der Waals surface area contributed by atoms with Crippen LogP contribution >= 0.6 is 0 Å². The van der Waals surface area contributed by atoms with Crippen molar-refractivity contribution in [2.45, 2.75) is 31.8 Å². The van der Waals surface area contributed by atoms with E-state index in [0.717, 1.165) is 25.0 Å². The molecular formula is C9H17NO. The van der Waals surface area contributed by atoms with Crippen LogP contribution in [0.5, 0.6) is 0 Å². The van der Waals surface area contributed by atoms with Gasteiger partial charge in [0.25, 0.3) is 0 Å². The molecule has 2 aliphatic rings. The molecule has 1 saturated heterocycles. The molecule has 0 unspecified atom stereocenters. The second-order valence-electron chi connectivity index (χ2n) is 3.79. The smallest absolute Gasteiger partial charge is 0.0607 e. The lowest BCUT2D eigenvalue weighted by Crippen LogP contribution is -2.33. The molecule has 64 valence electrons. The van der Waals surface area contributed by atoms with Gasteiger partial charge in [-0.1, -0.05) is 6.42 Å². The highest BCUT2D eigenvalue weighted by Crippen LogP contribution is 2.37. The number of rotatable bonds is 1. The summed E-state index contributed by atoms with van der Waals surface area (Å²) in [4.78, 5) is 0. The molecule has 11 heavy (non-hydrogen) atoms. The second-order valence-corrected chi connectivity index (χ2v) is 3.79. The average Bonchev–Trinajstić information content (AvgIpc) is 2.50. The first-order chi connectivity index (χ1) is 5.42. The van der Waals surface area contributed by atoms with Crippen molar-refractivity contribution in [3.05, 3.63) is 0 Å². The fourth-order valence-corrected chi connectivity index (χ4v) is 2.59. The fraction of sp³-hybridized carbons (Fsp3) is 1.00. The summed E-state index contributed by atoms with van der Waals surface area (Å²) in [6, 6.07) is 0. The Bertz CT molecular complexity index is 138. The van der Waals surface area contributed by atoms with Crippen molar-refractivity contribution in [2.24, 2.45) is 17.6 Å². The van der Waals surface area contributed by atoms with Crippen molar-refractivity contribution in [1.29, 1.82) is 0 Å². The molecule has 0 radical (unpaired) electrons. The monoisotopic (exact) mass is 155 g/mol. The lowest BCUT2D eigenvalue weighted by molar-refractivity contribution is 0.0457. The number of ether oxygens (including phenoxy) is 1. The van der Waals surface area contributed by atoms with Gasteiger partial charge < -0.3 is 10.5 Å². The highest BCUT2D eigenvalue weighted by Gasteiger charge is 2.36. The molecule has 2 fully saturated rings. The first kappa shape index (κ1) is 7.56. The molecule has 1 aliphatic heterocycles. The summed E-state index contributed by atoms with van der Waals surface area (Å²) in [6.07, 6.45) is 5.76. The van der Waals surface area contributed by atoms with Gasteiger partial charge in [-0.05, 0) is 37.6 Å². The van der Waals surface area contributed by atoms with Crippen molar-refractivity contribution < 1.29 is 4.74 Å². The van der Waals surface area contributed by atoms with Gasteiger partial charge in [0, 0.05) is 6.61 Å². The molecule has 0 aromatic rings. The maximum atomic E-state index is 5.70. The number of nitrogens with two attached hydrogens (primary N) is 1. The minimum Gasteiger partial charge on any atom is -0.378 e. The average molecular weight is 155 g/mol. The number of hydrogen-bond acceptors (Lipinski definition) is 2. The maximum Gasteiger partial charge on any atom is 0.0607 e. The summed E-state index contributed by atoms with van der Waals surface area (Å²) in [5.74, 6) is 1.56. The van der Waals surface area contributed by atoms with Crippen LogP contribution in [0.1, 0.15) is 25.7 Å². The van der Waals surface area contributed by atoms with Crippen LogP contribution in [-0.2, 0) is 4.74 Å². The van der Waals surface area contributed by atoms with E-state index in [9.17, 15) is 0 Å². The molecular weight excluding hydrogens is 138 g/mol. The van der Waals surface area contributed by atoms with Crippen LogP contribution in [0.25, 0.3) is 0 Å². The van der Waals surface area contributed by atoms with Crippen molar-refractivity contribution in [2.75, 3.05) is 13.2 Å². The van der Waals surface area contributed by atoms with Gasteiger partial charge in [0.05, 0.1) is 6.10 Å². The third kappa shape index (κ3) is 1.30. The van der Waals surface area contributed by atoms with Gasteiger partial charge in [0.1, 0.15) is 0 Å². The molecule has 0 aromatic carbocycles. The summed E-state index contributed by atoms with van der Waals surface area (Å²) in [7, 11) is 0. The fourth-order valence-electron chi connectivity index (χ4n) is 2.59. The largest absolute Gasteiger partial charge is 0.378 e. The Morgan fingerprint density at radius 2 is 2.18 bits per heavy atom. The van der Waals surface area contributed by atoms with Gasteiger partial charge in [-0.25, -0.2) is 0 Å². The van der Waals surface area contributed by atoms with E-state index in [2.05, 4.69) is 0 Å². The Morgan fingerprint density at radius 3 is 3.00 bits per heavy atom. The van der Waals surface area contributed by atoms with Crippen molar-refractivity contribution in [3.63, 3.8) is 0 Å². The summed E-state index contributed by atoms with van der Waals surface area (Å²) >= 11 is 0. The Hall–Kier alpha value is -0.0800. The quantitative estimate of drug-likeness (QED) is 0.616. The zero-order valence-electron chi connectivity index (χ0n) is 6.96. The molecule has 2 N–H and O–H groups in total. The summed E-state index contributed by atoms with van der Waals surface area (Å²) < 4.78 is 5.63. The molecule has 2 rings (SSSR count). The Labute approximate surface area is 68.1 Å². The predicted octanol–water partition coefficient (Wildman–Crippen LogP) is 1.15. The first-order valence-corrected chi connectivity index (χ1v) is 4.73. The Balaban J connectivity index is 2.00. The van der Waals surface area contributed by atoms with E-state index >= 15 is 0 Å². The van der Waals surface area contributed by atoms with Crippen LogP contribution in [-0.4, -0.2) is 19.3 Å². The van der Waals surface area contributed by atoms with Crippen molar-refractivity contribution in [3.8, 4) is 0 Å². The highest BCUT2D eigenvalue weighted by molar-refractivity contribution is 4.86. The lowest BCUT2D eigenvalue weighted by Gasteiger charge is -2.31. The van der Waals surface area contributed by atoms with E-state index in [4.69, 9.17) is 10.5 Å². The van der Waals surface area contributed by atoms with E-state index in [1.54, 1.807) is 0 Å². The zero-order chi connectivity index (χ0) is 7.68. The van der Waals surface area contributed by atoms with E-state index in [0.29, 0.717) is 6.10 Å². The molecule has 0 bridgehead atoms. The Kier molecular flexibility index (Phi) is 2.14. The van der Waals surface area contributed by atoms with Gasteiger partial charge in [-0.2, -0.15) is 0 Å². The molecule has 1 heterocycles. The van der Waals surface area contributed by atoms with Gasteiger partial charge in [-0.3, -0.25) is 0 Å². The summed E-state index contributed by atoms with van der Waals surface area (Å²) in [5, 5.41) is 0. The van der Waals surface area contributed by atoms with E-state index in [1.807, 2.05) is 0 Å². The molecule has 0 amide bonds. The molecule has 1 aliphatic carbocycles. The minimum atomic E-state index is 0.567. The van der Waals surface area contributed by atoms with Gasteiger partial charge >= 0.3 is 0 Å². The van der Waals surface area contributed by atoms with Gasteiger partial charge in [0.15, 0.2) is 0 Å². The first-order valence-electron chi connectivity index (χ1n) is 4.73. The van der Waals surface area contributed by atoms with Crippen molar-refractivity contribution >= 4 is 0 Å². The normalized spacial score (nSPS) is 43.9. The van der Waals surface area contributed by atoms with E-state index < -0.39 is 0 Å². The van der Waals surface area contributed by atoms with Crippen molar-refractivity contribution in [1.82, 2.24) is 0 Å². The minimum absolute atomic E-state index is 0.567. The summed E-state index contributed by atoms with van der Waals surface area (Å²) in [5.41, 5.74) is 5.70. The third-order valence-corrected chi connectivity index (χ3v) is 3.23. The van der Waals surface area contributed by atoms with Crippen LogP contribution in [0.15, 0.2) is 0 Å². The number of fused-ring (bicyclic) bond motifs is 1. The molecule has 0 spiro atoms. The van der Waals surface area contributed by atoms with Crippen LogP contribution < -0.4 is 5.73 Å². The molecule has 0 aromatic heterocycles. The SMILES string of the molecule is NC[C@H]1CCC[C@@H]2OCC[C@H]12. The maximum absolute atomic E-state index is 5.70. The summed E-state index contributed by atoms with van der Waals surface area (Å²) in [6.45, 7) is 1.84. The predicted molar refractivity (Wildman–Crippen MR) is 44.2 cm³/mol. The molecule has 2 heteroatoms. The van der Waals surface area contributed by atoms with E-state index in [-0.39, 0.29) is 0 Å². The molecule has 1 saturated carbocycles. The van der Waals surface area contributed by atoms with Crippen LogP contribution in [0.2, 0.25) is 0 Å². The standard InChI is InChI=1S/C9H17NO/c10-6-7-2-1-3-9-8(7)4-5-11-9/h7-9H,1-6,10H2/t7-,8-,9+/m1/s1. The van der Waals surface area contributed by atoms with Crippen LogP contribution in [0, 0.1) is 11.8 Å². The lowest BCUT2D eigenvalue weighted by atomic mass is 9.77.